The minimum atomic E-state index is -4.59. The highest BCUT2D eigenvalue weighted by Crippen LogP contribution is 2.34. The maximum absolute atomic E-state index is 13.0. The molecule has 0 saturated heterocycles. The van der Waals surface area contributed by atoms with Crippen LogP contribution >= 0.6 is 11.3 Å². The highest BCUT2D eigenvalue weighted by atomic mass is 32.1. The molecule has 3 rings (SSSR count). The smallest absolute Gasteiger partial charge is 0.320 e. The molecule has 5 nitrogen and oxygen atoms in total. The highest BCUT2D eigenvalue weighted by Gasteiger charge is 2.33. The predicted octanol–water partition coefficient (Wildman–Crippen LogP) is 4.60. The summed E-state index contributed by atoms with van der Waals surface area (Å²) in [6.07, 6.45) is -4.45. The van der Waals surface area contributed by atoms with Gasteiger partial charge in [0.15, 0.2) is 5.13 Å². The molecule has 0 aliphatic carbocycles. The van der Waals surface area contributed by atoms with Crippen molar-refractivity contribution in [3.05, 3.63) is 76.8 Å². The van der Waals surface area contributed by atoms with E-state index in [4.69, 9.17) is 0 Å². The van der Waals surface area contributed by atoms with Crippen molar-refractivity contribution in [1.29, 1.82) is 0 Å². The number of nitrogens with one attached hydrogen (secondary N) is 2. The van der Waals surface area contributed by atoms with E-state index in [-0.39, 0.29) is 28.8 Å². The first-order chi connectivity index (χ1) is 13.3. The van der Waals surface area contributed by atoms with E-state index in [2.05, 4.69) is 15.6 Å². The molecule has 1 heterocycles. The van der Waals surface area contributed by atoms with E-state index in [1.807, 2.05) is 18.2 Å². The minimum absolute atomic E-state index is 0.0861. The van der Waals surface area contributed by atoms with E-state index >= 15 is 0 Å². The number of nitrogens with zero attached hydrogens (tertiary/aromatic N) is 1. The summed E-state index contributed by atoms with van der Waals surface area (Å²) in [5.74, 6) is -1.11. The van der Waals surface area contributed by atoms with Crippen molar-refractivity contribution in [3.8, 4) is 0 Å². The van der Waals surface area contributed by atoms with Gasteiger partial charge in [0.05, 0.1) is 17.7 Å². The summed E-state index contributed by atoms with van der Waals surface area (Å²) in [5, 5.41) is 6.34. The summed E-state index contributed by atoms with van der Waals surface area (Å²) >= 11 is 1.01. The Kier molecular flexibility index (Phi) is 5.74. The van der Waals surface area contributed by atoms with E-state index in [9.17, 15) is 22.8 Å². The number of benzene rings is 2. The number of alkyl halides is 3. The number of amides is 2. The molecule has 0 radical (unpaired) electrons. The van der Waals surface area contributed by atoms with Crippen LogP contribution in [0.15, 0.2) is 60.0 Å². The van der Waals surface area contributed by atoms with Crippen molar-refractivity contribution in [3.63, 3.8) is 0 Å². The van der Waals surface area contributed by atoms with Crippen LogP contribution in [0.25, 0.3) is 0 Å². The zero-order chi connectivity index (χ0) is 20.1. The van der Waals surface area contributed by atoms with Gasteiger partial charge in [0, 0.05) is 5.38 Å². The van der Waals surface area contributed by atoms with Crippen LogP contribution in [0.1, 0.15) is 21.6 Å². The Morgan fingerprint density at radius 1 is 0.964 bits per heavy atom. The zero-order valence-corrected chi connectivity index (χ0v) is 15.1. The lowest BCUT2D eigenvalue weighted by molar-refractivity contribution is -0.136. The summed E-state index contributed by atoms with van der Waals surface area (Å²) in [7, 11) is 0. The largest absolute Gasteiger partial charge is 0.418 e. The van der Waals surface area contributed by atoms with Crippen molar-refractivity contribution in [2.75, 3.05) is 10.6 Å². The number of hydrogen-bond acceptors (Lipinski definition) is 4. The third-order valence-corrected chi connectivity index (χ3v) is 4.43. The quantitative estimate of drug-likeness (QED) is 0.652. The van der Waals surface area contributed by atoms with Gasteiger partial charge in [-0.05, 0) is 17.7 Å². The summed E-state index contributed by atoms with van der Waals surface area (Å²) in [6, 6.07) is 13.7. The number of anilines is 2. The molecule has 144 valence electrons. The molecule has 0 unspecified atom stereocenters. The summed E-state index contributed by atoms with van der Waals surface area (Å²) in [6.45, 7) is 0. The highest BCUT2D eigenvalue weighted by molar-refractivity contribution is 7.14. The van der Waals surface area contributed by atoms with E-state index in [0.29, 0.717) is 0 Å². The SMILES string of the molecule is O=C(Cc1ccccc1)Nc1nc(C(=O)Nc2ccccc2C(F)(F)F)cs1. The molecular weight excluding hydrogens is 391 g/mol. The van der Waals surface area contributed by atoms with Crippen molar-refractivity contribution in [2.24, 2.45) is 0 Å². The van der Waals surface area contributed by atoms with Crippen LogP contribution in [0.2, 0.25) is 0 Å². The number of para-hydroxylation sites is 1. The van der Waals surface area contributed by atoms with Gasteiger partial charge in [-0.15, -0.1) is 11.3 Å². The van der Waals surface area contributed by atoms with Crippen LogP contribution in [0.3, 0.4) is 0 Å². The number of rotatable bonds is 5. The Morgan fingerprint density at radius 2 is 1.64 bits per heavy atom. The lowest BCUT2D eigenvalue weighted by atomic mass is 10.1. The Morgan fingerprint density at radius 3 is 2.36 bits per heavy atom. The average molecular weight is 405 g/mol. The maximum Gasteiger partial charge on any atom is 0.418 e. The molecule has 3 aromatic rings. The standard InChI is InChI=1S/C19H14F3N3O2S/c20-19(21,22)13-8-4-5-9-14(13)23-17(27)15-11-28-18(24-15)25-16(26)10-12-6-2-1-3-7-12/h1-9,11H,10H2,(H,23,27)(H,24,25,26). The summed E-state index contributed by atoms with van der Waals surface area (Å²) < 4.78 is 39.0. The van der Waals surface area contributed by atoms with Gasteiger partial charge in [0.1, 0.15) is 5.69 Å². The normalized spacial score (nSPS) is 11.1. The van der Waals surface area contributed by atoms with Crippen molar-refractivity contribution in [2.45, 2.75) is 12.6 Å². The molecule has 0 aliphatic heterocycles. The Balaban J connectivity index is 1.66. The van der Waals surface area contributed by atoms with Crippen LogP contribution in [0, 0.1) is 0 Å². The number of carbonyl (C=O) groups is 2. The zero-order valence-electron chi connectivity index (χ0n) is 14.3. The number of halogens is 3. The van der Waals surface area contributed by atoms with Crippen molar-refractivity contribution in [1.82, 2.24) is 4.98 Å². The molecule has 2 amide bonds. The average Bonchev–Trinajstić information content (AvgIpc) is 3.10. The number of thiazole rings is 1. The van der Waals surface area contributed by atoms with Crippen molar-refractivity contribution < 1.29 is 22.8 Å². The molecule has 0 spiro atoms. The molecular formula is C19H14F3N3O2S. The molecule has 0 atom stereocenters. The van der Waals surface area contributed by atoms with Crippen LogP contribution < -0.4 is 10.6 Å². The number of aromatic nitrogens is 1. The molecule has 2 N–H and O–H groups in total. The lowest BCUT2D eigenvalue weighted by Gasteiger charge is -2.12. The van der Waals surface area contributed by atoms with Crippen LogP contribution in [-0.4, -0.2) is 16.8 Å². The summed E-state index contributed by atoms with van der Waals surface area (Å²) in [4.78, 5) is 28.2. The first-order valence-corrected chi connectivity index (χ1v) is 8.98. The third-order valence-electron chi connectivity index (χ3n) is 3.67. The molecule has 0 saturated carbocycles. The Bertz CT molecular complexity index is 987. The van der Waals surface area contributed by atoms with Crippen LogP contribution in [0.5, 0.6) is 0 Å². The van der Waals surface area contributed by atoms with E-state index in [1.54, 1.807) is 12.1 Å². The van der Waals surface area contributed by atoms with E-state index in [0.717, 1.165) is 29.0 Å². The molecule has 9 heteroatoms. The minimum Gasteiger partial charge on any atom is -0.320 e. The first kappa shape index (κ1) is 19.6. The molecule has 28 heavy (non-hydrogen) atoms. The predicted molar refractivity (Wildman–Crippen MR) is 100 cm³/mol. The number of hydrogen-bond donors (Lipinski definition) is 2. The van der Waals surface area contributed by atoms with E-state index in [1.165, 1.54) is 17.5 Å². The van der Waals surface area contributed by atoms with Gasteiger partial charge >= 0.3 is 6.18 Å². The maximum atomic E-state index is 13.0. The van der Waals surface area contributed by atoms with Gasteiger partial charge in [0.2, 0.25) is 5.91 Å². The fourth-order valence-corrected chi connectivity index (χ4v) is 3.11. The monoisotopic (exact) mass is 405 g/mol. The topological polar surface area (TPSA) is 71.1 Å². The molecule has 0 bridgehead atoms. The molecule has 1 aromatic heterocycles. The van der Waals surface area contributed by atoms with E-state index < -0.39 is 17.6 Å². The van der Waals surface area contributed by atoms with Gasteiger partial charge in [-0.1, -0.05) is 42.5 Å². The first-order valence-electron chi connectivity index (χ1n) is 8.10. The van der Waals surface area contributed by atoms with Gasteiger partial charge in [0.25, 0.3) is 5.91 Å². The molecule has 0 aliphatic rings. The fourth-order valence-electron chi connectivity index (χ4n) is 2.41. The molecule has 2 aromatic carbocycles. The second kappa shape index (κ2) is 8.22. The van der Waals surface area contributed by atoms with Crippen molar-refractivity contribution >= 4 is 34.0 Å². The Hall–Kier alpha value is -3.20. The second-order valence-corrected chi connectivity index (χ2v) is 6.60. The number of carbonyl (C=O) groups excluding carboxylic acids is 2. The Labute approximate surface area is 162 Å². The second-order valence-electron chi connectivity index (χ2n) is 5.75. The van der Waals surface area contributed by atoms with Crippen LogP contribution in [-0.2, 0) is 17.4 Å². The summed E-state index contributed by atoms with van der Waals surface area (Å²) in [5.41, 5.74) is -0.576. The fraction of sp³-hybridized carbons (Fsp3) is 0.105. The van der Waals surface area contributed by atoms with Gasteiger partial charge < -0.3 is 10.6 Å². The van der Waals surface area contributed by atoms with Gasteiger partial charge in [-0.25, -0.2) is 4.98 Å². The van der Waals surface area contributed by atoms with Crippen LogP contribution in [0.4, 0.5) is 24.0 Å². The van der Waals surface area contributed by atoms with Gasteiger partial charge in [-0.2, -0.15) is 13.2 Å². The molecule has 0 fully saturated rings. The van der Waals surface area contributed by atoms with Gasteiger partial charge in [-0.3, -0.25) is 9.59 Å². The lowest BCUT2D eigenvalue weighted by Crippen LogP contribution is -2.17. The third kappa shape index (κ3) is 4.95.